The second kappa shape index (κ2) is 9.85. The number of hydrogen-bond acceptors (Lipinski definition) is 5. The van der Waals surface area contributed by atoms with E-state index in [-0.39, 0.29) is 0 Å². The molecule has 0 spiro atoms. The lowest BCUT2D eigenvalue weighted by atomic mass is 10.6. The van der Waals surface area contributed by atoms with Crippen molar-refractivity contribution in [3.8, 4) is 0 Å². The molecule has 0 aromatic heterocycles. The number of hydrogen-bond donors (Lipinski definition) is 2. The fourth-order valence-electron chi connectivity index (χ4n) is 0.678. The molecule has 13 heavy (non-hydrogen) atoms. The minimum atomic E-state index is 0.504. The van der Waals surface area contributed by atoms with E-state index in [2.05, 4.69) is 5.32 Å². The molecule has 0 saturated heterocycles. The average molecular weight is 206 g/mol. The summed E-state index contributed by atoms with van der Waals surface area (Å²) in [6, 6.07) is 0. The molecular weight excluding hydrogens is 188 g/mol. The first-order valence-electron chi connectivity index (χ1n) is 4.45. The highest BCUT2D eigenvalue weighted by Crippen LogP contribution is 1.82. The van der Waals surface area contributed by atoms with Gasteiger partial charge in [-0.2, -0.15) is 0 Å². The number of nitrogens with two attached hydrogens (primary N) is 1. The van der Waals surface area contributed by atoms with Gasteiger partial charge in [0.1, 0.15) is 6.61 Å². The van der Waals surface area contributed by atoms with Crippen LogP contribution in [-0.2, 0) is 9.47 Å². The van der Waals surface area contributed by atoms with Gasteiger partial charge in [0.15, 0.2) is 5.05 Å². The van der Waals surface area contributed by atoms with E-state index in [0.717, 1.165) is 6.54 Å². The number of ether oxygens (including phenoxy) is 2. The Hall–Kier alpha value is -0.230. The number of rotatable bonds is 8. The fourth-order valence-corrected chi connectivity index (χ4v) is 0.863. The molecule has 78 valence electrons. The van der Waals surface area contributed by atoms with Crippen molar-refractivity contribution in [3.05, 3.63) is 0 Å². The summed E-state index contributed by atoms with van der Waals surface area (Å²) in [5.41, 5.74) is 5.23. The van der Waals surface area contributed by atoms with E-state index >= 15 is 0 Å². The van der Waals surface area contributed by atoms with Gasteiger partial charge in [-0.1, -0.05) is 6.92 Å². The van der Waals surface area contributed by atoms with E-state index in [1.165, 1.54) is 0 Å². The maximum atomic E-state index is 5.23. The highest BCUT2D eigenvalue weighted by molar-refractivity contribution is 7.80. The van der Waals surface area contributed by atoms with Crippen molar-refractivity contribution in [3.63, 3.8) is 0 Å². The quantitative estimate of drug-likeness (QED) is 0.429. The zero-order valence-electron chi connectivity index (χ0n) is 8.04. The van der Waals surface area contributed by atoms with Crippen LogP contribution in [0.2, 0.25) is 0 Å². The number of likely N-dealkylation sites (N-methyl/N-ethyl adjacent to an activating group) is 1. The van der Waals surface area contributed by atoms with Crippen LogP contribution in [0.3, 0.4) is 0 Å². The van der Waals surface area contributed by atoms with Crippen molar-refractivity contribution in [1.82, 2.24) is 5.32 Å². The highest BCUT2D eigenvalue weighted by Gasteiger charge is 1.95. The van der Waals surface area contributed by atoms with Gasteiger partial charge in [0.05, 0.1) is 19.8 Å². The van der Waals surface area contributed by atoms with Crippen molar-refractivity contribution in [2.24, 2.45) is 5.73 Å². The molecule has 0 aliphatic rings. The van der Waals surface area contributed by atoms with Crippen LogP contribution in [0.1, 0.15) is 6.92 Å². The second-order valence-electron chi connectivity index (χ2n) is 2.40. The Morgan fingerprint density at radius 2 is 2.15 bits per heavy atom. The highest BCUT2D eigenvalue weighted by atomic mass is 32.1. The van der Waals surface area contributed by atoms with Crippen LogP contribution in [0.5, 0.6) is 0 Å². The molecule has 0 bridgehead atoms. The third-order valence-corrected chi connectivity index (χ3v) is 1.53. The maximum absolute atomic E-state index is 5.23. The van der Waals surface area contributed by atoms with Gasteiger partial charge in [-0.15, -0.1) is 0 Å². The van der Waals surface area contributed by atoms with Gasteiger partial charge in [0.2, 0.25) is 0 Å². The van der Waals surface area contributed by atoms with Crippen LogP contribution >= 0.6 is 12.2 Å². The summed E-state index contributed by atoms with van der Waals surface area (Å²) in [5, 5.41) is 3.65. The summed E-state index contributed by atoms with van der Waals surface area (Å²) in [7, 11) is 0. The molecule has 4 nitrogen and oxygen atoms in total. The van der Waals surface area contributed by atoms with Gasteiger partial charge in [0.25, 0.3) is 0 Å². The Labute approximate surface area is 84.8 Å². The number of thiocarbonyl (C=S) groups is 1. The van der Waals surface area contributed by atoms with E-state index in [0.29, 0.717) is 38.0 Å². The van der Waals surface area contributed by atoms with E-state index in [1.54, 1.807) is 0 Å². The normalized spacial score (nSPS) is 10.0. The predicted octanol–water partition coefficient (Wildman–Crippen LogP) is -0.0848. The van der Waals surface area contributed by atoms with Crippen LogP contribution in [0.15, 0.2) is 0 Å². The molecule has 0 aromatic carbocycles. The lowest BCUT2D eigenvalue weighted by molar-refractivity contribution is 0.102. The summed E-state index contributed by atoms with van der Waals surface area (Å²) in [6.07, 6.45) is 0. The van der Waals surface area contributed by atoms with E-state index in [9.17, 15) is 0 Å². The molecule has 0 saturated carbocycles. The molecule has 0 atom stereocenters. The predicted molar refractivity (Wildman–Crippen MR) is 57.0 cm³/mol. The first kappa shape index (κ1) is 12.8. The molecule has 0 aliphatic heterocycles. The van der Waals surface area contributed by atoms with Gasteiger partial charge in [-0.05, 0) is 18.8 Å². The second-order valence-corrected chi connectivity index (χ2v) is 2.86. The van der Waals surface area contributed by atoms with Crippen molar-refractivity contribution < 1.29 is 9.47 Å². The van der Waals surface area contributed by atoms with Crippen LogP contribution < -0.4 is 11.1 Å². The van der Waals surface area contributed by atoms with Gasteiger partial charge in [-0.25, -0.2) is 0 Å². The summed E-state index contributed by atoms with van der Waals surface area (Å²) in [4.78, 5) is 0. The van der Waals surface area contributed by atoms with Crippen molar-refractivity contribution in [1.29, 1.82) is 0 Å². The first-order valence-corrected chi connectivity index (χ1v) is 4.86. The van der Waals surface area contributed by atoms with Gasteiger partial charge < -0.3 is 20.5 Å². The van der Waals surface area contributed by atoms with Crippen molar-refractivity contribution in [2.45, 2.75) is 6.92 Å². The fraction of sp³-hybridized carbons (Fsp3) is 0.875. The zero-order chi connectivity index (χ0) is 9.94. The van der Waals surface area contributed by atoms with Crippen LogP contribution in [0, 0.1) is 0 Å². The molecule has 3 N–H and O–H groups in total. The summed E-state index contributed by atoms with van der Waals surface area (Å²) in [6.45, 7) is 5.71. The molecule has 0 fully saturated rings. The molecule has 0 rings (SSSR count). The molecule has 0 radical (unpaired) electrons. The minimum Gasteiger partial charge on any atom is -0.483 e. The molecule has 0 aromatic rings. The minimum absolute atomic E-state index is 0.504. The van der Waals surface area contributed by atoms with Crippen LogP contribution in [0.25, 0.3) is 0 Å². The third kappa shape index (κ3) is 9.69. The Morgan fingerprint density at radius 1 is 1.38 bits per heavy atom. The standard InChI is InChI=1S/C8H18N2O2S/c1-2-10-7-8(13)12-6-5-11-4-3-9/h10H,2-7,9H2,1H3. The average Bonchev–Trinajstić information content (AvgIpc) is 2.14. The maximum Gasteiger partial charge on any atom is 0.173 e. The largest absolute Gasteiger partial charge is 0.483 e. The summed E-state index contributed by atoms with van der Waals surface area (Å²) < 4.78 is 10.3. The third-order valence-electron chi connectivity index (χ3n) is 1.27. The van der Waals surface area contributed by atoms with E-state index < -0.39 is 0 Å². The van der Waals surface area contributed by atoms with Gasteiger partial charge in [0, 0.05) is 6.54 Å². The topological polar surface area (TPSA) is 56.5 Å². The number of nitrogens with one attached hydrogen (secondary N) is 1. The molecule has 0 amide bonds. The summed E-state index contributed by atoms with van der Waals surface area (Å²) in [5.74, 6) is 0. The molecule has 0 unspecified atom stereocenters. The van der Waals surface area contributed by atoms with E-state index in [4.69, 9.17) is 27.4 Å². The van der Waals surface area contributed by atoms with Crippen molar-refractivity contribution in [2.75, 3.05) is 39.5 Å². The molecule has 0 aliphatic carbocycles. The zero-order valence-corrected chi connectivity index (χ0v) is 8.86. The van der Waals surface area contributed by atoms with Gasteiger partial charge in [-0.3, -0.25) is 0 Å². The SMILES string of the molecule is CCNCC(=S)OCCOCCN. The summed E-state index contributed by atoms with van der Waals surface area (Å²) >= 11 is 4.93. The Bertz CT molecular complexity index is 133. The van der Waals surface area contributed by atoms with Gasteiger partial charge >= 0.3 is 0 Å². The lowest BCUT2D eigenvalue weighted by Gasteiger charge is -2.07. The van der Waals surface area contributed by atoms with Crippen LogP contribution in [0.4, 0.5) is 0 Å². The molecular formula is C8H18N2O2S. The molecule has 5 heteroatoms. The van der Waals surface area contributed by atoms with Crippen molar-refractivity contribution >= 4 is 17.3 Å². The lowest BCUT2D eigenvalue weighted by Crippen LogP contribution is -2.24. The van der Waals surface area contributed by atoms with Crippen LogP contribution in [-0.4, -0.2) is 44.5 Å². The Balaban J connectivity index is 3.08. The Morgan fingerprint density at radius 3 is 2.77 bits per heavy atom. The molecule has 0 heterocycles. The monoisotopic (exact) mass is 206 g/mol. The Kier molecular flexibility index (Phi) is 9.68. The first-order chi connectivity index (χ1) is 6.31. The van der Waals surface area contributed by atoms with E-state index in [1.807, 2.05) is 6.92 Å². The smallest absolute Gasteiger partial charge is 0.173 e.